The molecule has 1 aromatic heterocycles. The zero-order valence-electron chi connectivity index (χ0n) is 11.6. The average molecular weight is 276 g/mol. The predicted octanol–water partition coefficient (Wildman–Crippen LogP) is 3.55. The standard InChI is InChI=1S/C15H20N2OS/c1-4-16-15(14-10-17-11(3)19-14)12-6-8-13(9-7-12)18-5-2/h6-10,15-16H,4-5H2,1-3H3. The molecule has 0 amide bonds. The minimum atomic E-state index is 0.215. The largest absolute Gasteiger partial charge is 0.494 e. The minimum absolute atomic E-state index is 0.215. The summed E-state index contributed by atoms with van der Waals surface area (Å²) in [7, 11) is 0. The van der Waals surface area contributed by atoms with Gasteiger partial charge in [-0.1, -0.05) is 19.1 Å². The first kappa shape index (κ1) is 14.0. The van der Waals surface area contributed by atoms with Gasteiger partial charge >= 0.3 is 0 Å². The molecule has 0 spiro atoms. The molecular weight excluding hydrogens is 256 g/mol. The van der Waals surface area contributed by atoms with Crippen LogP contribution in [0.2, 0.25) is 0 Å². The van der Waals surface area contributed by atoms with Crippen molar-refractivity contribution in [3.05, 3.63) is 45.9 Å². The van der Waals surface area contributed by atoms with Gasteiger partial charge in [0.2, 0.25) is 0 Å². The fourth-order valence-corrected chi connectivity index (χ4v) is 2.91. The van der Waals surface area contributed by atoms with Gasteiger partial charge in [-0.05, 0) is 38.1 Å². The summed E-state index contributed by atoms with van der Waals surface area (Å²) in [6.45, 7) is 7.78. The van der Waals surface area contributed by atoms with Crippen LogP contribution in [0.25, 0.3) is 0 Å². The number of aryl methyl sites for hydroxylation is 1. The Balaban J connectivity index is 2.23. The van der Waals surface area contributed by atoms with Crippen molar-refractivity contribution in [3.8, 4) is 5.75 Å². The molecule has 0 aliphatic heterocycles. The highest BCUT2D eigenvalue weighted by Crippen LogP contribution is 2.28. The van der Waals surface area contributed by atoms with E-state index in [1.165, 1.54) is 10.4 Å². The number of rotatable bonds is 6. The number of ether oxygens (including phenoxy) is 1. The number of aromatic nitrogens is 1. The molecule has 0 radical (unpaired) electrons. The predicted molar refractivity (Wildman–Crippen MR) is 80.0 cm³/mol. The Kier molecular flexibility index (Phi) is 4.93. The number of hydrogen-bond acceptors (Lipinski definition) is 4. The van der Waals surface area contributed by atoms with Crippen molar-refractivity contribution in [2.75, 3.05) is 13.2 Å². The number of benzene rings is 1. The van der Waals surface area contributed by atoms with E-state index in [-0.39, 0.29) is 6.04 Å². The minimum Gasteiger partial charge on any atom is -0.494 e. The van der Waals surface area contributed by atoms with Crippen molar-refractivity contribution < 1.29 is 4.74 Å². The van der Waals surface area contributed by atoms with Crippen LogP contribution in [0.5, 0.6) is 5.75 Å². The first-order chi connectivity index (χ1) is 9.24. The molecule has 4 heteroatoms. The van der Waals surface area contributed by atoms with Gasteiger partial charge in [0, 0.05) is 11.1 Å². The molecule has 0 fully saturated rings. The van der Waals surface area contributed by atoms with Gasteiger partial charge in [-0.3, -0.25) is 0 Å². The van der Waals surface area contributed by atoms with E-state index in [1.54, 1.807) is 11.3 Å². The summed E-state index contributed by atoms with van der Waals surface area (Å²) < 4.78 is 5.48. The lowest BCUT2D eigenvalue weighted by Gasteiger charge is -2.17. The van der Waals surface area contributed by atoms with Crippen molar-refractivity contribution in [1.29, 1.82) is 0 Å². The van der Waals surface area contributed by atoms with Gasteiger partial charge in [-0.15, -0.1) is 11.3 Å². The number of nitrogens with one attached hydrogen (secondary N) is 1. The second-order valence-electron chi connectivity index (χ2n) is 4.27. The highest BCUT2D eigenvalue weighted by molar-refractivity contribution is 7.11. The Bertz CT molecular complexity index is 507. The van der Waals surface area contributed by atoms with Gasteiger partial charge in [0.15, 0.2) is 0 Å². The average Bonchev–Trinajstić information content (AvgIpc) is 2.84. The topological polar surface area (TPSA) is 34.1 Å². The monoisotopic (exact) mass is 276 g/mol. The molecule has 3 nitrogen and oxygen atoms in total. The smallest absolute Gasteiger partial charge is 0.119 e. The van der Waals surface area contributed by atoms with Gasteiger partial charge in [0.25, 0.3) is 0 Å². The Morgan fingerprint density at radius 1 is 1.26 bits per heavy atom. The molecule has 19 heavy (non-hydrogen) atoms. The first-order valence-corrected chi connectivity index (χ1v) is 7.44. The fraction of sp³-hybridized carbons (Fsp3) is 0.400. The van der Waals surface area contributed by atoms with Gasteiger partial charge < -0.3 is 10.1 Å². The lowest BCUT2D eigenvalue weighted by atomic mass is 10.1. The van der Waals surface area contributed by atoms with Crippen LogP contribution >= 0.6 is 11.3 Å². The van der Waals surface area contributed by atoms with Gasteiger partial charge in [-0.2, -0.15) is 0 Å². The summed E-state index contributed by atoms with van der Waals surface area (Å²) in [5.41, 5.74) is 1.24. The molecule has 1 N–H and O–H groups in total. The number of thiazole rings is 1. The zero-order chi connectivity index (χ0) is 13.7. The molecular formula is C15H20N2OS. The Labute approximate surface area is 118 Å². The van der Waals surface area contributed by atoms with E-state index >= 15 is 0 Å². The summed E-state index contributed by atoms with van der Waals surface area (Å²) in [6, 6.07) is 8.50. The van der Waals surface area contributed by atoms with Gasteiger partial charge in [0.1, 0.15) is 5.75 Å². The maximum Gasteiger partial charge on any atom is 0.119 e. The van der Waals surface area contributed by atoms with E-state index in [2.05, 4.69) is 29.4 Å². The molecule has 2 aromatic rings. The summed E-state index contributed by atoms with van der Waals surface area (Å²) >= 11 is 1.74. The summed E-state index contributed by atoms with van der Waals surface area (Å²) in [4.78, 5) is 5.60. The van der Waals surface area contributed by atoms with E-state index < -0.39 is 0 Å². The molecule has 0 aliphatic carbocycles. The van der Waals surface area contributed by atoms with Crippen molar-refractivity contribution in [3.63, 3.8) is 0 Å². The zero-order valence-corrected chi connectivity index (χ0v) is 12.5. The molecule has 0 saturated heterocycles. The molecule has 102 valence electrons. The second-order valence-corrected chi connectivity index (χ2v) is 5.54. The third kappa shape index (κ3) is 3.55. The van der Waals surface area contributed by atoms with Crippen LogP contribution in [0.15, 0.2) is 30.5 Å². The van der Waals surface area contributed by atoms with Crippen molar-refractivity contribution >= 4 is 11.3 Å². The van der Waals surface area contributed by atoms with Crippen LogP contribution in [-0.2, 0) is 0 Å². The normalized spacial score (nSPS) is 12.4. The van der Waals surface area contributed by atoms with E-state index in [1.807, 2.05) is 32.2 Å². The van der Waals surface area contributed by atoms with Crippen molar-refractivity contribution in [1.82, 2.24) is 10.3 Å². The Morgan fingerprint density at radius 3 is 2.53 bits per heavy atom. The number of nitrogens with zero attached hydrogens (tertiary/aromatic N) is 1. The first-order valence-electron chi connectivity index (χ1n) is 6.63. The highest BCUT2D eigenvalue weighted by Gasteiger charge is 2.15. The molecule has 0 aliphatic rings. The SMILES string of the molecule is CCNC(c1ccc(OCC)cc1)c1cnc(C)s1. The Hall–Kier alpha value is -1.39. The third-order valence-electron chi connectivity index (χ3n) is 2.86. The molecule has 1 aromatic carbocycles. The van der Waals surface area contributed by atoms with E-state index in [4.69, 9.17) is 4.74 Å². The summed E-state index contributed by atoms with van der Waals surface area (Å²) in [6.07, 6.45) is 1.96. The third-order valence-corrected chi connectivity index (χ3v) is 3.83. The molecule has 1 atom stereocenters. The van der Waals surface area contributed by atoms with Gasteiger partial charge in [-0.25, -0.2) is 4.98 Å². The fourth-order valence-electron chi connectivity index (χ4n) is 2.02. The lowest BCUT2D eigenvalue weighted by Crippen LogP contribution is -2.21. The summed E-state index contributed by atoms with van der Waals surface area (Å²) in [5.74, 6) is 0.919. The highest BCUT2D eigenvalue weighted by atomic mass is 32.1. The van der Waals surface area contributed by atoms with E-state index in [9.17, 15) is 0 Å². The molecule has 1 unspecified atom stereocenters. The molecule has 0 saturated carbocycles. The van der Waals surface area contributed by atoms with Crippen LogP contribution in [0.3, 0.4) is 0 Å². The quantitative estimate of drug-likeness (QED) is 0.876. The second kappa shape index (κ2) is 6.68. The Morgan fingerprint density at radius 2 is 2.00 bits per heavy atom. The molecule has 1 heterocycles. The number of hydrogen-bond donors (Lipinski definition) is 1. The maximum absolute atomic E-state index is 5.48. The molecule has 0 bridgehead atoms. The van der Waals surface area contributed by atoms with Crippen LogP contribution in [0.1, 0.15) is 35.3 Å². The van der Waals surface area contributed by atoms with Crippen molar-refractivity contribution in [2.45, 2.75) is 26.8 Å². The van der Waals surface area contributed by atoms with E-state index in [0.29, 0.717) is 6.61 Å². The molecule has 2 rings (SSSR count). The van der Waals surface area contributed by atoms with Crippen LogP contribution in [-0.4, -0.2) is 18.1 Å². The van der Waals surface area contributed by atoms with Crippen molar-refractivity contribution in [2.24, 2.45) is 0 Å². The lowest BCUT2D eigenvalue weighted by molar-refractivity contribution is 0.340. The maximum atomic E-state index is 5.48. The summed E-state index contributed by atoms with van der Waals surface area (Å²) in [5, 5.41) is 4.61. The van der Waals surface area contributed by atoms with Crippen LogP contribution in [0.4, 0.5) is 0 Å². The van der Waals surface area contributed by atoms with Crippen LogP contribution in [0, 0.1) is 6.92 Å². The van der Waals surface area contributed by atoms with Crippen LogP contribution < -0.4 is 10.1 Å². The van der Waals surface area contributed by atoms with Gasteiger partial charge in [0.05, 0.1) is 17.7 Å². The van der Waals surface area contributed by atoms with E-state index in [0.717, 1.165) is 17.3 Å².